The Kier molecular flexibility index (Phi) is 7.05. The van der Waals surface area contributed by atoms with Crippen molar-refractivity contribution in [3.63, 3.8) is 0 Å². The van der Waals surface area contributed by atoms with Gasteiger partial charge in [0.25, 0.3) is 5.91 Å². The number of nitrogens with zero attached hydrogens (tertiary/aromatic N) is 1. The molecule has 1 amide bonds. The fourth-order valence-electron chi connectivity index (χ4n) is 3.21. The van der Waals surface area contributed by atoms with E-state index in [0.29, 0.717) is 31.2 Å². The number of epoxide rings is 1. The van der Waals surface area contributed by atoms with Gasteiger partial charge in [0.05, 0.1) is 10.0 Å². The lowest BCUT2D eigenvalue weighted by atomic mass is 10.1. The van der Waals surface area contributed by atoms with Crippen LogP contribution in [0.4, 0.5) is 0 Å². The van der Waals surface area contributed by atoms with E-state index in [0.717, 1.165) is 5.56 Å². The van der Waals surface area contributed by atoms with Crippen molar-refractivity contribution in [2.24, 2.45) is 10.7 Å². The number of nitrogens with one attached hydrogen (secondary N) is 1. The van der Waals surface area contributed by atoms with Gasteiger partial charge in [-0.15, -0.1) is 0 Å². The van der Waals surface area contributed by atoms with Gasteiger partial charge in [0, 0.05) is 15.6 Å². The molecule has 164 valence electrons. The minimum atomic E-state index is -0.803. The summed E-state index contributed by atoms with van der Waals surface area (Å²) in [5, 5.41) is 5.14. The summed E-state index contributed by atoms with van der Waals surface area (Å²) in [7, 11) is 0. The Labute approximate surface area is 205 Å². The van der Waals surface area contributed by atoms with Crippen molar-refractivity contribution in [3.8, 4) is 0 Å². The van der Waals surface area contributed by atoms with Gasteiger partial charge in [-0.05, 0) is 47.5 Å². The van der Waals surface area contributed by atoms with E-state index in [2.05, 4.69) is 10.3 Å². The maximum absolute atomic E-state index is 13.1. The lowest BCUT2D eigenvalue weighted by Gasteiger charge is -2.15. The minimum absolute atomic E-state index is 0.0658. The first-order chi connectivity index (χ1) is 15.3. The van der Waals surface area contributed by atoms with Gasteiger partial charge in [0.15, 0.2) is 0 Å². The van der Waals surface area contributed by atoms with E-state index in [-0.39, 0.29) is 11.9 Å². The normalized spacial score (nSPS) is 18.9. The quantitative estimate of drug-likeness (QED) is 0.244. The van der Waals surface area contributed by atoms with Crippen LogP contribution in [0.5, 0.6) is 0 Å². The zero-order valence-electron chi connectivity index (χ0n) is 16.4. The molecule has 1 aliphatic heterocycles. The molecular formula is C23H17Cl4N3O2. The number of halogens is 4. The molecule has 1 saturated heterocycles. The zero-order chi connectivity index (χ0) is 22.8. The number of hydrogen-bond donors (Lipinski definition) is 2. The second kappa shape index (κ2) is 9.79. The molecule has 3 N–H and O–H groups in total. The summed E-state index contributed by atoms with van der Waals surface area (Å²) in [4.78, 5) is 17.2. The van der Waals surface area contributed by atoms with E-state index in [4.69, 9.17) is 56.9 Å². The lowest BCUT2D eigenvalue weighted by molar-refractivity contribution is -0.120. The predicted octanol–water partition coefficient (Wildman–Crippen LogP) is 5.96. The fourth-order valence-corrected chi connectivity index (χ4v) is 3.83. The van der Waals surface area contributed by atoms with Gasteiger partial charge >= 0.3 is 0 Å². The molecule has 3 atom stereocenters. The molecule has 1 fully saturated rings. The van der Waals surface area contributed by atoms with Crippen molar-refractivity contribution in [1.29, 1.82) is 0 Å². The molecular weight excluding hydrogens is 492 g/mol. The van der Waals surface area contributed by atoms with Crippen molar-refractivity contribution in [2.75, 3.05) is 0 Å². The number of ether oxygens (including phenoxy) is 1. The smallest absolute Gasteiger partial charge is 0.269 e. The van der Waals surface area contributed by atoms with Gasteiger partial charge < -0.3 is 10.5 Å². The van der Waals surface area contributed by atoms with Gasteiger partial charge in [-0.1, -0.05) is 76.7 Å². The number of amides is 1. The molecule has 0 aromatic heterocycles. The lowest BCUT2D eigenvalue weighted by Crippen LogP contribution is -2.32. The number of rotatable bonds is 6. The first-order valence-corrected chi connectivity index (χ1v) is 11.1. The summed E-state index contributed by atoms with van der Waals surface area (Å²) in [5.74, 6) is -0.413. The third kappa shape index (κ3) is 5.44. The summed E-state index contributed by atoms with van der Waals surface area (Å²) in [5.41, 5.74) is 8.14. The average molecular weight is 509 g/mol. The SMILES string of the molecule is NC(=NC(=O)C(NC1OC1c1ccc(Cl)c(Cl)c1)c1ccc(Cl)cc1)c1cccc(Cl)c1. The van der Waals surface area contributed by atoms with Crippen LogP contribution in [-0.2, 0) is 9.53 Å². The van der Waals surface area contributed by atoms with Crippen LogP contribution in [0.15, 0.2) is 71.7 Å². The third-order valence-corrected chi connectivity index (χ3v) is 6.12. The Bertz CT molecular complexity index is 1180. The van der Waals surface area contributed by atoms with Gasteiger partial charge in [-0.2, -0.15) is 4.99 Å². The number of aliphatic imine (C=N–C) groups is 1. The summed E-state index contributed by atoms with van der Waals surface area (Å²) < 4.78 is 5.74. The van der Waals surface area contributed by atoms with Crippen molar-refractivity contribution in [2.45, 2.75) is 18.4 Å². The highest BCUT2D eigenvalue weighted by Gasteiger charge is 2.43. The van der Waals surface area contributed by atoms with Crippen LogP contribution >= 0.6 is 46.4 Å². The fraction of sp³-hybridized carbons (Fsp3) is 0.130. The van der Waals surface area contributed by atoms with Crippen molar-refractivity contribution in [1.82, 2.24) is 5.32 Å². The van der Waals surface area contributed by atoms with E-state index in [1.165, 1.54) is 0 Å². The number of carbonyl (C=O) groups is 1. The molecule has 4 rings (SSSR count). The molecule has 0 spiro atoms. The molecule has 3 aromatic rings. The number of benzene rings is 3. The van der Waals surface area contributed by atoms with Crippen LogP contribution in [-0.4, -0.2) is 18.0 Å². The maximum atomic E-state index is 13.1. The number of amidine groups is 1. The first-order valence-electron chi connectivity index (χ1n) is 9.57. The Morgan fingerprint density at radius 2 is 1.69 bits per heavy atom. The third-order valence-electron chi connectivity index (χ3n) is 4.90. The standard InChI is InChI=1S/C23H17Cl4N3O2/c24-15-7-4-12(5-8-15)19(22(31)30-21(28)14-2-1-3-16(25)10-14)29-23-20(32-23)13-6-9-17(26)18(27)11-13/h1-11,19-20,23,29H,(H2,28,30,31). The summed E-state index contributed by atoms with van der Waals surface area (Å²) in [6.45, 7) is 0. The van der Waals surface area contributed by atoms with Gasteiger partial charge in [0.2, 0.25) is 0 Å². The largest absolute Gasteiger partial charge is 0.383 e. The Balaban J connectivity index is 1.57. The van der Waals surface area contributed by atoms with Crippen LogP contribution < -0.4 is 11.1 Å². The van der Waals surface area contributed by atoms with Gasteiger partial charge in [-0.3, -0.25) is 10.1 Å². The summed E-state index contributed by atoms with van der Waals surface area (Å²) in [6.07, 6.45) is -0.693. The van der Waals surface area contributed by atoms with Crippen LogP contribution in [0.1, 0.15) is 28.8 Å². The van der Waals surface area contributed by atoms with Crippen molar-refractivity contribution < 1.29 is 9.53 Å². The molecule has 0 aliphatic carbocycles. The van der Waals surface area contributed by atoms with E-state index < -0.39 is 18.2 Å². The Morgan fingerprint density at radius 1 is 0.938 bits per heavy atom. The van der Waals surface area contributed by atoms with E-state index in [1.54, 1.807) is 60.7 Å². The Morgan fingerprint density at radius 3 is 2.38 bits per heavy atom. The van der Waals surface area contributed by atoms with Crippen LogP contribution in [0.2, 0.25) is 20.1 Å². The monoisotopic (exact) mass is 507 g/mol. The van der Waals surface area contributed by atoms with E-state index >= 15 is 0 Å². The summed E-state index contributed by atoms with van der Waals surface area (Å²) in [6, 6.07) is 18.2. The molecule has 5 nitrogen and oxygen atoms in total. The number of nitrogens with two attached hydrogens (primary N) is 1. The van der Waals surface area contributed by atoms with E-state index in [1.807, 2.05) is 6.07 Å². The number of carbonyl (C=O) groups excluding carboxylic acids is 1. The molecule has 0 saturated carbocycles. The molecule has 1 aliphatic rings. The van der Waals surface area contributed by atoms with Crippen molar-refractivity contribution >= 4 is 58.1 Å². The minimum Gasteiger partial charge on any atom is -0.383 e. The zero-order valence-corrected chi connectivity index (χ0v) is 19.5. The molecule has 0 radical (unpaired) electrons. The second-order valence-electron chi connectivity index (χ2n) is 7.15. The Hall–Kier alpha value is -2.12. The first kappa shape index (κ1) is 23.1. The van der Waals surface area contributed by atoms with Gasteiger partial charge in [0.1, 0.15) is 24.2 Å². The average Bonchev–Trinajstić information content (AvgIpc) is 3.54. The highest BCUT2D eigenvalue weighted by molar-refractivity contribution is 6.42. The van der Waals surface area contributed by atoms with Crippen molar-refractivity contribution in [3.05, 3.63) is 104 Å². The number of hydrogen-bond acceptors (Lipinski definition) is 3. The molecule has 32 heavy (non-hydrogen) atoms. The maximum Gasteiger partial charge on any atom is 0.269 e. The topological polar surface area (TPSA) is 80.0 Å². The molecule has 3 unspecified atom stereocenters. The molecule has 3 aromatic carbocycles. The van der Waals surface area contributed by atoms with Crippen LogP contribution in [0.3, 0.4) is 0 Å². The summed E-state index contributed by atoms with van der Waals surface area (Å²) >= 11 is 24.1. The predicted molar refractivity (Wildman–Crippen MR) is 129 cm³/mol. The van der Waals surface area contributed by atoms with Gasteiger partial charge in [-0.25, -0.2) is 0 Å². The van der Waals surface area contributed by atoms with Crippen LogP contribution in [0, 0.1) is 0 Å². The molecule has 9 heteroatoms. The highest BCUT2D eigenvalue weighted by atomic mass is 35.5. The molecule has 1 heterocycles. The van der Waals surface area contributed by atoms with E-state index in [9.17, 15) is 4.79 Å². The van der Waals surface area contributed by atoms with Crippen LogP contribution in [0.25, 0.3) is 0 Å². The molecule has 0 bridgehead atoms. The second-order valence-corrected chi connectivity index (χ2v) is 8.83. The highest BCUT2D eigenvalue weighted by Crippen LogP contribution is 2.40.